The van der Waals surface area contributed by atoms with Gasteiger partial charge in [-0.3, -0.25) is 9.59 Å². The molecule has 2 aromatic heterocycles. The molecule has 180 valence electrons. The number of aromatic nitrogens is 3. The van der Waals surface area contributed by atoms with Crippen LogP contribution in [-0.2, 0) is 10.3 Å². The number of nitrogens with one attached hydrogen (secondary N) is 1. The quantitative estimate of drug-likeness (QED) is 0.322. The van der Waals surface area contributed by atoms with Crippen molar-refractivity contribution in [3.05, 3.63) is 101 Å². The third kappa shape index (κ3) is 4.55. The molecule has 1 N–H and O–H groups in total. The number of hydrogen-bond donors (Lipinski definition) is 1. The maximum Gasteiger partial charge on any atom is 0.267 e. The van der Waals surface area contributed by atoms with Crippen LogP contribution in [0, 0.1) is 12.7 Å². The van der Waals surface area contributed by atoms with Gasteiger partial charge >= 0.3 is 0 Å². The van der Waals surface area contributed by atoms with E-state index in [1.165, 1.54) is 23.8 Å². The maximum absolute atomic E-state index is 13.3. The number of aryl methyl sites for hydroxylation is 1. The highest BCUT2D eigenvalue weighted by Gasteiger charge is 2.32. The number of thiazole rings is 1. The fraction of sp³-hybridized carbons (Fsp3) is 0.143. The van der Waals surface area contributed by atoms with Gasteiger partial charge in [0, 0.05) is 22.9 Å². The van der Waals surface area contributed by atoms with Gasteiger partial charge in [-0.05, 0) is 93.1 Å². The fourth-order valence-electron chi connectivity index (χ4n) is 3.82. The highest BCUT2D eigenvalue weighted by atomic mass is 32.1. The largest absolute Gasteiger partial charge is 0.324 e. The number of anilines is 1. The van der Waals surface area contributed by atoms with Crippen molar-refractivity contribution < 1.29 is 9.18 Å². The number of amides is 1. The predicted octanol–water partition coefficient (Wildman–Crippen LogP) is 6.01. The molecule has 0 saturated carbocycles. The third-order valence-electron chi connectivity index (χ3n) is 5.96. The van der Waals surface area contributed by atoms with Crippen LogP contribution in [0.5, 0.6) is 0 Å². The summed E-state index contributed by atoms with van der Waals surface area (Å²) in [5, 5.41) is 8.19. The first-order chi connectivity index (χ1) is 17.2. The lowest BCUT2D eigenvalue weighted by Gasteiger charge is -2.25. The number of halogens is 1. The molecule has 0 aliphatic rings. The van der Waals surface area contributed by atoms with Crippen molar-refractivity contribution in [2.75, 3.05) is 5.32 Å². The second-order valence-corrected chi connectivity index (χ2v) is 10.1. The van der Waals surface area contributed by atoms with Gasteiger partial charge in [0.1, 0.15) is 16.4 Å². The van der Waals surface area contributed by atoms with E-state index in [-0.39, 0.29) is 5.82 Å². The molecule has 0 unspecified atom stereocenters. The molecule has 0 fully saturated rings. The maximum atomic E-state index is 13.3. The molecule has 0 spiro atoms. The van der Waals surface area contributed by atoms with E-state index < -0.39 is 17.0 Å². The number of carbonyl (C=O) groups excluding carboxylic acids is 1. The molecule has 5 rings (SSSR count). The van der Waals surface area contributed by atoms with Crippen molar-refractivity contribution in [2.45, 2.75) is 26.3 Å². The van der Waals surface area contributed by atoms with Crippen molar-refractivity contribution in [2.24, 2.45) is 0 Å². The zero-order valence-electron chi connectivity index (χ0n) is 19.9. The second-order valence-electron chi connectivity index (χ2n) is 9.06. The van der Waals surface area contributed by atoms with Gasteiger partial charge < -0.3 is 5.32 Å². The van der Waals surface area contributed by atoms with Gasteiger partial charge in [0.15, 0.2) is 0 Å². The Hall–Kier alpha value is -4.17. The van der Waals surface area contributed by atoms with Crippen molar-refractivity contribution in [3.8, 4) is 21.8 Å². The Bertz CT molecular complexity index is 1640. The molecule has 0 atom stereocenters. The average molecular weight is 499 g/mol. The van der Waals surface area contributed by atoms with Crippen LogP contribution < -0.4 is 10.9 Å². The Labute approximate surface area is 211 Å². The molecule has 8 heteroatoms. The number of carbonyl (C=O) groups is 1. The van der Waals surface area contributed by atoms with Gasteiger partial charge in [0.2, 0.25) is 0 Å². The average Bonchev–Trinajstić information content (AvgIpc) is 3.28. The van der Waals surface area contributed by atoms with E-state index in [2.05, 4.69) is 23.4 Å². The molecule has 0 radical (unpaired) electrons. The smallest absolute Gasteiger partial charge is 0.267 e. The molecule has 36 heavy (non-hydrogen) atoms. The Kier molecular flexibility index (Phi) is 5.97. The Balaban J connectivity index is 1.37. The topological polar surface area (TPSA) is 76.9 Å². The van der Waals surface area contributed by atoms with E-state index in [0.29, 0.717) is 16.9 Å². The normalized spacial score (nSPS) is 11.6. The summed E-state index contributed by atoms with van der Waals surface area (Å²) in [6, 6.07) is 22.3. The lowest BCUT2D eigenvalue weighted by atomic mass is 10.0. The van der Waals surface area contributed by atoms with Crippen LogP contribution in [0.4, 0.5) is 10.1 Å². The molecule has 6 nitrogen and oxygen atoms in total. The second kappa shape index (κ2) is 9.13. The molecule has 3 aromatic carbocycles. The Morgan fingerprint density at radius 3 is 2.36 bits per heavy atom. The Morgan fingerprint density at radius 1 is 0.944 bits per heavy atom. The van der Waals surface area contributed by atoms with Crippen LogP contribution in [0.25, 0.3) is 32.0 Å². The van der Waals surface area contributed by atoms with E-state index in [9.17, 15) is 14.0 Å². The van der Waals surface area contributed by atoms with Crippen LogP contribution in [0.15, 0.2) is 83.7 Å². The standard InChI is InChI=1S/C28H23FN4O2S/c1-17-4-13-23-24(16-17)36-26(31-23)19-7-11-21(12-8-19)30-27(35)28(2,3)33-25(34)15-14-22(32-33)18-5-9-20(29)10-6-18/h4-16H,1-3H3,(H,30,35). The highest BCUT2D eigenvalue weighted by molar-refractivity contribution is 7.21. The zero-order valence-corrected chi connectivity index (χ0v) is 20.8. The molecular formula is C28H23FN4O2S. The molecule has 5 aromatic rings. The fourth-order valence-corrected chi connectivity index (χ4v) is 4.89. The van der Waals surface area contributed by atoms with E-state index >= 15 is 0 Å². The summed E-state index contributed by atoms with van der Waals surface area (Å²) >= 11 is 1.62. The highest BCUT2D eigenvalue weighted by Crippen LogP contribution is 2.31. The lowest BCUT2D eigenvalue weighted by Crippen LogP contribution is -2.47. The van der Waals surface area contributed by atoms with Crippen LogP contribution >= 0.6 is 11.3 Å². The number of fused-ring (bicyclic) bond motifs is 1. The molecule has 0 saturated heterocycles. The first-order valence-corrected chi connectivity index (χ1v) is 12.2. The molecular weight excluding hydrogens is 475 g/mol. The van der Waals surface area contributed by atoms with Gasteiger partial charge in [-0.15, -0.1) is 11.3 Å². The van der Waals surface area contributed by atoms with Gasteiger partial charge in [-0.1, -0.05) is 6.07 Å². The van der Waals surface area contributed by atoms with E-state index in [1.54, 1.807) is 43.4 Å². The van der Waals surface area contributed by atoms with Crippen LogP contribution in [-0.4, -0.2) is 20.7 Å². The monoisotopic (exact) mass is 498 g/mol. The van der Waals surface area contributed by atoms with Crippen LogP contribution in [0.1, 0.15) is 19.4 Å². The van der Waals surface area contributed by atoms with E-state index in [1.807, 2.05) is 36.4 Å². The van der Waals surface area contributed by atoms with E-state index in [0.717, 1.165) is 25.5 Å². The summed E-state index contributed by atoms with van der Waals surface area (Å²) in [4.78, 5) is 30.5. The first kappa shape index (κ1) is 23.6. The molecule has 0 aliphatic carbocycles. The van der Waals surface area contributed by atoms with Crippen LogP contribution in [0.3, 0.4) is 0 Å². The minimum atomic E-state index is -1.28. The number of rotatable bonds is 5. The number of nitrogens with zero attached hydrogens (tertiary/aromatic N) is 3. The summed E-state index contributed by atoms with van der Waals surface area (Å²) in [5.74, 6) is -0.757. The predicted molar refractivity (Wildman–Crippen MR) is 142 cm³/mol. The third-order valence-corrected chi connectivity index (χ3v) is 7.03. The van der Waals surface area contributed by atoms with E-state index in [4.69, 9.17) is 4.98 Å². The lowest BCUT2D eigenvalue weighted by molar-refractivity contribution is -0.123. The zero-order chi connectivity index (χ0) is 25.4. The molecule has 0 bridgehead atoms. The van der Waals surface area contributed by atoms with Crippen molar-refractivity contribution in [1.29, 1.82) is 0 Å². The summed E-state index contributed by atoms with van der Waals surface area (Å²) < 4.78 is 15.6. The van der Waals surface area contributed by atoms with Crippen molar-refractivity contribution >= 4 is 33.1 Å². The van der Waals surface area contributed by atoms with Gasteiger partial charge in [-0.25, -0.2) is 14.1 Å². The van der Waals surface area contributed by atoms with Crippen molar-refractivity contribution in [1.82, 2.24) is 14.8 Å². The molecule has 0 aliphatic heterocycles. The summed E-state index contributed by atoms with van der Waals surface area (Å²) in [6.07, 6.45) is 0. The number of benzene rings is 3. The molecule has 1 amide bonds. The Morgan fingerprint density at radius 2 is 1.64 bits per heavy atom. The minimum Gasteiger partial charge on any atom is -0.324 e. The molecule has 2 heterocycles. The van der Waals surface area contributed by atoms with Crippen LogP contribution in [0.2, 0.25) is 0 Å². The summed E-state index contributed by atoms with van der Waals surface area (Å²) in [7, 11) is 0. The van der Waals surface area contributed by atoms with Crippen molar-refractivity contribution in [3.63, 3.8) is 0 Å². The minimum absolute atomic E-state index is 0.365. The summed E-state index contributed by atoms with van der Waals surface area (Å²) in [5.41, 5.74) is 3.11. The first-order valence-electron chi connectivity index (χ1n) is 11.4. The number of hydrogen-bond acceptors (Lipinski definition) is 5. The van der Waals surface area contributed by atoms with Gasteiger partial charge in [0.25, 0.3) is 11.5 Å². The van der Waals surface area contributed by atoms with Gasteiger partial charge in [0.05, 0.1) is 15.9 Å². The van der Waals surface area contributed by atoms with Gasteiger partial charge in [-0.2, -0.15) is 5.10 Å². The summed E-state index contributed by atoms with van der Waals surface area (Å²) in [6.45, 7) is 5.31. The SMILES string of the molecule is Cc1ccc2nc(-c3ccc(NC(=O)C(C)(C)n4nc(-c5ccc(F)cc5)ccc4=O)cc3)sc2c1.